The van der Waals surface area contributed by atoms with E-state index >= 15 is 0 Å². The first-order chi connectivity index (χ1) is 17.1. The Morgan fingerprint density at radius 3 is 1.46 bits per heavy atom. The maximum atomic E-state index is 5.72. The van der Waals surface area contributed by atoms with E-state index in [-0.39, 0.29) is 0 Å². The minimum absolute atomic E-state index is 0.621. The smallest absolute Gasteiger partial charge is 0.121 e. The average Bonchev–Trinajstić information content (AvgIpc) is 2.90. The van der Waals surface area contributed by atoms with Crippen LogP contribution in [-0.2, 0) is 0 Å². The molecule has 0 fully saturated rings. The van der Waals surface area contributed by atoms with Crippen LogP contribution in [0.5, 0.6) is 5.75 Å². The van der Waals surface area contributed by atoms with Crippen molar-refractivity contribution in [3.63, 3.8) is 0 Å². The van der Waals surface area contributed by atoms with Crippen molar-refractivity contribution < 1.29 is 4.74 Å². The van der Waals surface area contributed by atoms with Crippen molar-refractivity contribution in [1.29, 1.82) is 0 Å². The normalized spacial score (nSPS) is 11.0. The van der Waals surface area contributed by atoms with E-state index in [2.05, 4.69) is 86.0 Å². The van der Waals surface area contributed by atoms with Crippen LogP contribution in [0.3, 0.4) is 0 Å². The molecule has 5 heteroatoms. The second-order valence-electron chi connectivity index (χ2n) is 8.44. The average molecular weight is 469 g/mol. The number of fused-ring (bicyclic) bond motifs is 1. The van der Waals surface area contributed by atoms with Gasteiger partial charge in [0.05, 0.1) is 29.0 Å². The SMILES string of the molecule is CCOc1ccc2nc(-c3ccc(N(CC)CC)cc3)c(-c3ccc(N(CC)CC)cc3)nc2c1. The van der Waals surface area contributed by atoms with E-state index in [1.54, 1.807) is 0 Å². The lowest BCUT2D eigenvalue weighted by Gasteiger charge is -2.22. The molecule has 0 N–H and O–H groups in total. The predicted molar refractivity (Wildman–Crippen MR) is 149 cm³/mol. The summed E-state index contributed by atoms with van der Waals surface area (Å²) in [7, 11) is 0. The quantitative estimate of drug-likeness (QED) is 0.249. The van der Waals surface area contributed by atoms with Gasteiger partial charge in [-0.05, 0) is 71.0 Å². The molecule has 0 radical (unpaired) electrons. The zero-order valence-electron chi connectivity index (χ0n) is 21.6. The van der Waals surface area contributed by atoms with E-state index in [1.807, 2.05) is 25.1 Å². The Hall–Kier alpha value is -3.60. The molecule has 4 rings (SSSR count). The van der Waals surface area contributed by atoms with E-state index < -0.39 is 0 Å². The predicted octanol–water partition coefficient (Wildman–Crippen LogP) is 7.05. The summed E-state index contributed by atoms with van der Waals surface area (Å²) in [5, 5.41) is 0. The highest BCUT2D eigenvalue weighted by molar-refractivity contribution is 5.87. The molecule has 0 amide bonds. The van der Waals surface area contributed by atoms with Gasteiger partial charge in [0.1, 0.15) is 5.75 Å². The summed E-state index contributed by atoms with van der Waals surface area (Å²) in [6.07, 6.45) is 0. The fourth-order valence-corrected chi connectivity index (χ4v) is 4.53. The Balaban J connectivity index is 1.84. The molecule has 1 aromatic heterocycles. The van der Waals surface area contributed by atoms with Gasteiger partial charge < -0.3 is 14.5 Å². The van der Waals surface area contributed by atoms with Crippen LogP contribution in [0.1, 0.15) is 34.6 Å². The van der Waals surface area contributed by atoms with Crippen LogP contribution in [0.15, 0.2) is 66.7 Å². The number of nitrogens with zero attached hydrogens (tertiary/aromatic N) is 4. The van der Waals surface area contributed by atoms with Crippen molar-refractivity contribution in [3.8, 4) is 28.3 Å². The van der Waals surface area contributed by atoms with Gasteiger partial charge in [0, 0.05) is 54.7 Å². The van der Waals surface area contributed by atoms with Crippen molar-refractivity contribution in [2.75, 3.05) is 42.6 Å². The molecule has 0 aliphatic heterocycles. The monoisotopic (exact) mass is 468 g/mol. The van der Waals surface area contributed by atoms with Crippen LogP contribution < -0.4 is 14.5 Å². The molecule has 0 aliphatic carbocycles. The first kappa shape index (κ1) is 24.5. The lowest BCUT2D eigenvalue weighted by molar-refractivity contribution is 0.340. The molecule has 0 bridgehead atoms. The number of aromatic nitrogens is 2. The third-order valence-corrected chi connectivity index (χ3v) is 6.49. The van der Waals surface area contributed by atoms with Crippen LogP contribution in [0.4, 0.5) is 11.4 Å². The summed E-state index contributed by atoms with van der Waals surface area (Å²) in [6.45, 7) is 15.3. The van der Waals surface area contributed by atoms with Gasteiger partial charge in [0.25, 0.3) is 0 Å². The van der Waals surface area contributed by atoms with Gasteiger partial charge in [-0.25, -0.2) is 9.97 Å². The van der Waals surface area contributed by atoms with Crippen LogP contribution in [0.2, 0.25) is 0 Å². The summed E-state index contributed by atoms with van der Waals surface area (Å²) in [6, 6.07) is 23.3. The molecule has 3 aromatic carbocycles. The molecule has 0 aliphatic rings. The van der Waals surface area contributed by atoms with Gasteiger partial charge in [-0.1, -0.05) is 24.3 Å². The molecular formula is C30H36N4O. The Morgan fingerprint density at radius 1 is 0.571 bits per heavy atom. The second kappa shape index (κ2) is 11.2. The fraction of sp³-hybridized carbons (Fsp3) is 0.333. The van der Waals surface area contributed by atoms with E-state index in [0.717, 1.165) is 65.5 Å². The van der Waals surface area contributed by atoms with Crippen molar-refractivity contribution in [3.05, 3.63) is 66.7 Å². The molecule has 35 heavy (non-hydrogen) atoms. The highest BCUT2D eigenvalue weighted by Gasteiger charge is 2.15. The first-order valence-corrected chi connectivity index (χ1v) is 12.8. The van der Waals surface area contributed by atoms with Gasteiger partial charge in [-0.3, -0.25) is 0 Å². The molecule has 0 saturated heterocycles. The first-order valence-electron chi connectivity index (χ1n) is 12.8. The summed E-state index contributed by atoms with van der Waals surface area (Å²) in [5.74, 6) is 0.813. The number of anilines is 2. The zero-order valence-corrected chi connectivity index (χ0v) is 21.6. The standard InChI is InChI=1S/C30H36N4O/c1-6-33(7-2)24-15-11-22(12-16-24)29-30(23-13-17-25(18-14-23)34(8-3)9-4)32-28-21-26(35-10-5)19-20-27(28)31-29/h11-21H,6-10H2,1-5H3. The molecule has 0 saturated carbocycles. The lowest BCUT2D eigenvalue weighted by Crippen LogP contribution is -2.21. The molecule has 1 heterocycles. The number of ether oxygens (including phenoxy) is 1. The molecule has 182 valence electrons. The summed E-state index contributed by atoms with van der Waals surface area (Å²) in [4.78, 5) is 14.9. The summed E-state index contributed by atoms with van der Waals surface area (Å²) >= 11 is 0. The Kier molecular flexibility index (Phi) is 7.86. The van der Waals surface area contributed by atoms with E-state index in [1.165, 1.54) is 11.4 Å². The maximum absolute atomic E-state index is 5.72. The van der Waals surface area contributed by atoms with Crippen LogP contribution in [-0.4, -0.2) is 42.8 Å². The molecule has 5 nitrogen and oxygen atoms in total. The topological polar surface area (TPSA) is 41.5 Å². The Labute approximate surface area is 209 Å². The van der Waals surface area contributed by atoms with Gasteiger partial charge in [0.2, 0.25) is 0 Å². The van der Waals surface area contributed by atoms with Crippen molar-refractivity contribution >= 4 is 22.4 Å². The van der Waals surface area contributed by atoms with Gasteiger partial charge in [-0.2, -0.15) is 0 Å². The highest BCUT2D eigenvalue weighted by atomic mass is 16.5. The van der Waals surface area contributed by atoms with Crippen molar-refractivity contribution in [1.82, 2.24) is 9.97 Å². The minimum Gasteiger partial charge on any atom is -0.494 e. The number of rotatable bonds is 10. The van der Waals surface area contributed by atoms with Crippen molar-refractivity contribution in [2.45, 2.75) is 34.6 Å². The largest absolute Gasteiger partial charge is 0.494 e. The van der Waals surface area contributed by atoms with Gasteiger partial charge >= 0.3 is 0 Å². The molecule has 0 unspecified atom stereocenters. The third-order valence-electron chi connectivity index (χ3n) is 6.49. The van der Waals surface area contributed by atoms with E-state index in [0.29, 0.717) is 6.61 Å². The second-order valence-corrected chi connectivity index (χ2v) is 8.44. The van der Waals surface area contributed by atoms with Crippen LogP contribution in [0, 0.1) is 0 Å². The van der Waals surface area contributed by atoms with Crippen LogP contribution in [0.25, 0.3) is 33.5 Å². The third kappa shape index (κ3) is 5.24. The molecular weight excluding hydrogens is 432 g/mol. The molecule has 4 aromatic rings. The highest BCUT2D eigenvalue weighted by Crippen LogP contribution is 2.34. The van der Waals surface area contributed by atoms with Crippen molar-refractivity contribution in [2.24, 2.45) is 0 Å². The number of hydrogen-bond acceptors (Lipinski definition) is 5. The van der Waals surface area contributed by atoms with Gasteiger partial charge in [-0.15, -0.1) is 0 Å². The molecule has 0 spiro atoms. The number of benzene rings is 3. The Bertz CT molecular complexity index is 1240. The summed E-state index contributed by atoms with van der Waals surface area (Å²) < 4.78 is 5.72. The van der Waals surface area contributed by atoms with E-state index in [9.17, 15) is 0 Å². The lowest BCUT2D eigenvalue weighted by atomic mass is 10.0. The van der Waals surface area contributed by atoms with E-state index in [4.69, 9.17) is 14.7 Å². The maximum Gasteiger partial charge on any atom is 0.121 e. The van der Waals surface area contributed by atoms with Crippen LogP contribution >= 0.6 is 0 Å². The fourth-order valence-electron chi connectivity index (χ4n) is 4.53. The summed E-state index contributed by atoms with van der Waals surface area (Å²) in [5.41, 5.74) is 8.03. The zero-order chi connectivity index (χ0) is 24.8. The Morgan fingerprint density at radius 2 is 1.03 bits per heavy atom. The molecule has 0 atom stereocenters. The van der Waals surface area contributed by atoms with Gasteiger partial charge in [0.15, 0.2) is 0 Å². The minimum atomic E-state index is 0.621. The number of hydrogen-bond donors (Lipinski definition) is 0.